The Morgan fingerprint density at radius 1 is 1.00 bits per heavy atom. The standard InChI is InChI=1S/C17H34N2/c1-17(2,3)10-11-18-12-14-19-13-6-9-16(19)15-7-4-5-8-15/h15-16,18H,4-14H2,1-3H3. The van der Waals surface area contributed by atoms with Gasteiger partial charge in [-0.25, -0.2) is 0 Å². The molecule has 19 heavy (non-hydrogen) atoms. The smallest absolute Gasteiger partial charge is 0.0124 e. The third-order valence-electron chi connectivity index (χ3n) is 4.99. The van der Waals surface area contributed by atoms with Crippen LogP contribution in [0.2, 0.25) is 0 Å². The van der Waals surface area contributed by atoms with E-state index in [-0.39, 0.29) is 0 Å². The second-order valence-corrected chi connectivity index (χ2v) is 7.85. The lowest BCUT2D eigenvalue weighted by Gasteiger charge is -2.29. The molecule has 1 saturated heterocycles. The summed E-state index contributed by atoms with van der Waals surface area (Å²) in [6.07, 6.45) is 10.1. The molecule has 2 heteroatoms. The van der Waals surface area contributed by atoms with Crippen molar-refractivity contribution in [2.24, 2.45) is 11.3 Å². The summed E-state index contributed by atoms with van der Waals surface area (Å²) in [4.78, 5) is 2.78. The van der Waals surface area contributed by atoms with E-state index in [2.05, 4.69) is 31.0 Å². The normalized spacial score (nSPS) is 26.4. The molecule has 0 radical (unpaired) electrons. The second-order valence-electron chi connectivity index (χ2n) is 7.85. The van der Waals surface area contributed by atoms with Crippen LogP contribution in [0.25, 0.3) is 0 Å². The van der Waals surface area contributed by atoms with E-state index in [1.165, 1.54) is 71.1 Å². The molecule has 2 nitrogen and oxygen atoms in total. The van der Waals surface area contributed by atoms with Gasteiger partial charge in [-0.1, -0.05) is 33.6 Å². The highest BCUT2D eigenvalue weighted by molar-refractivity contribution is 4.87. The Morgan fingerprint density at radius 2 is 1.74 bits per heavy atom. The maximum absolute atomic E-state index is 3.64. The Bertz CT molecular complexity index is 250. The minimum atomic E-state index is 0.465. The SMILES string of the molecule is CC(C)(C)CCNCCN1CCCC1C1CCCC1. The fourth-order valence-electron chi connectivity index (χ4n) is 3.82. The minimum absolute atomic E-state index is 0.465. The van der Waals surface area contributed by atoms with Crippen molar-refractivity contribution in [2.75, 3.05) is 26.2 Å². The Balaban J connectivity index is 1.62. The van der Waals surface area contributed by atoms with Gasteiger partial charge in [-0.3, -0.25) is 4.90 Å². The summed E-state index contributed by atoms with van der Waals surface area (Å²) >= 11 is 0. The molecule has 1 atom stereocenters. The number of hydrogen-bond donors (Lipinski definition) is 1. The Labute approximate surface area is 120 Å². The van der Waals surface area contributed by atoms with Gasteiger partial charge in [0.25, 0.3) is 0 Å². The maximum atomic E-state index is 3.64. The van der Waals surface area contributed by atoms with Gasteiger partial charge in [-0.15, -0.1) is 0 Å². The first-order valence-electron chi connectivity index (χ1n) is 8.51. The average molecular weight is 266 g/mol. The van der Waals surface area contributed by atoms with Gasteiger partial charge in [-0.05, 0) is 56.5 Å². The molecular weight excluding hydrogens is 232 g/mol. The topological polar surface area (TPSA) is 15.3 Å². The monoisotopic (exact) mass is 266 g/mol. The van der Waals surface area contributed by atoms with E-state index in [1.54, 1.807) is 0 Å². The average Bonchev–Trinajstić information content (AvgIpc) is 2.96. The number of likely N-dealkylation sites (tertiary alicyclic amines) is 1. The van der Waals surface area contributed by atoms with Crippen molar-refractivity contribution in [1.29, 1.82) is 0 Å². The summed E-state index contributed by atoms with van der Waals surface area (Å²) in [5.41, 5.74) is 0.465. The summed E-state index contributed by atoms with van der Waals surface area (Å²) in [7, 11) is 0. The molecule has 0 amide bonds. The van der Waals surface area contributed by atoms with Crippen LogP contribution in [0.15, 0.2) is 0 Å². The van der Waals surface area contributed by atoms with E-state index >= 15 is 0 Å². The summed E-state index contributed by atoms with van der Waals surface area (Å²) in [5, 5.41) is 3.64. The molecule has 2 aliphatic rings. The molecule has 2 rings (SSSR count). The van der Waals surface area contributed by atoms with Crippen molar-refractivity contribution in [1.82, 2.24) is 10.2 Å². The molecule has 1 N–H and O–H groups in total. The van der Waals surface area contributed by atoms with Crippen molar-refractivity contribution < 1.29 is 0 Å². The highest BCUT2D eigenvalue weighted by Gasteiger charge is 2.32. The first kappa shape index (κ1) is 15.3. The van der Waals surface area contributed by atoms with E-state index < -0.39 is 0 Å². The van der Waals surface area contributed by atoms with Crippen LogP contribution in [0.3, 0.4) is 0 Å². The number of nitrogens with zero attached hydrogens (tertiary/aromatic N) is 1. The Hall–Kier alpha value is -0.0800. The van der Waals surface area contributed by atoms with Crippen LogP contribution in [-0.2, 0) is 0 Å². The van der Waals surface area contributed by atoms with E-state index in [0.29, 0.717) is 5.41 Å². The van der Waals surface area contributed by atoms with Crippen molar-refractivity contribution in [3.63, 3.8) is 0 Å². The largest absolute Gasteiger partial charge is 0.315 e. The van der Waals surface area contributed by atoms with Crippen molar-refractivity contribution in [2.45, 2.75) is 71.8 Å². The van der Waals surface area contributed by atoms with Crippen LogP contribution in [0, 0.1) is 11.3 Å². The first-order valence-corrected chi connectivity index (χ1v) is 8.51. The molecule has 2 fully saturated rings. The molecule has 1 aliphatic heterocycles. The fourth-order valence-corrected chi connectivity index (χ4v) is 3.82. The van der Waals surface area contributed by atoms with Gasteiger partial charge in [0, 0.05) is 19.1 Å². The predicted molar refractivity (Wildman–Crippen MR) is 83.5 cm³/mol. The molecule has 0 bridgehead atoms. The molecule has 1 heterocycles. The lowest BCUT2D eigenvalue weighted by molar-refractivity contribution is 0.190. The van der Waals surface area contributed by atoms with Gasteiger partial charge in [-0.2, -0.15) is 0 Å². The molecule has 0 aromatic heterocycles. The van der Waals surface area contributed by atoms with Crippen LogP contribution < -0.4 is 5.32 Å². The van der Waals surface area contributed by atoms with Gasteiger partial charge in [0.05, 0.1) is 0 Å². The third-order valence-corrected chi connectivity index (χ3v) is 4.99. The molecule has 1 aliphatic carbocycles. The third kappa shape index (κ3) is 5.07. The van der Waals surface area contributed by atoms with E-state index in [4.69, 9.17) is 0 Å². The zero-order valence-electron chi connectivity index (χ0n) is 13.4. The van der Waals surface area contributed by atoms with Gasteiger partial charge in [0.1, 0.15) is 0 Å². The van der Waals surface area contributed by atoms with Gasteiger partial charge >= 0.3 is 0 Å². The summed E-state index contributed by atoms with van der Waals surface area (Å²) in [6.45, 7) is 11.9. The Morgan fingerprint density at radius 3 is 2.42 bits per heavy atom. The van der Waals surface area contributed by atoms with E-state index in [0.717, 1.165) is 12.0 Å². The number of hydrogen-bond acceptors (Lipinski definition) is 2. The molecule has 0 aromatic rings. The van der Waals surface area contributed by atoms with Crippen LogP contribution in [-0.4, -0.2) is 37.1 Å². The summed E-state index contributed by atoms with van der Waals surface area (Å²) in [5.74, 6) is 1.03. The van der Waals surface area contributed by atoms with Crippen molar-refractivity contribution >= 4 is 0 Å². The van der Waals surface area contributed by atoms with E-state index in [1.807, 2.05) is 0 Å². The maximum Gasteiger partial charge on any atom is 0.0124 e. The molecule has 112 valence electrons. The van der Waals surface area contributed by atoms with Crippen LogP contribution in [0.1, 0.15) is 65.7 Å². The highest BCUT2D eigenvalue weighted by Crippen LogP contribution is 2.35. The molecular formula is C17H34N2. The van der Waals surface area contributed by atoms with Crippen LogP contribution in [0.5, 0.6) is 0 Å². The van der Waals surface area contributed by atoms with Gasteiger partial charge < -0.3 is 5.32 Å². The van der Waals surface area contributed by atoms with Crippen LogP contribution in [0.4, 0.5) is 0 Å². The minimum Gasteiger partial charge on any atom is -0.315 e. The molecule has 0 spiro atoms. The fraction of sp³-hybridized carbons (Fsp3) is 1.00. The first-order chi connectivity index (χ1) is 9.06. The quantitative estimate of drug-likeness (QED) is 0.738. The second kappa shape index (κ2) is 7.08. The Kier molecular flexibility index (Phi) is 5.70. The van der Waals surface area contributed by atoms with E-state index in [9.17, 15) is 0 Å². The van der Waals surface area contributed by atoms with Crippen LogP contribution >= 0.6 is 0 Å². The van der Waals surface area contributed by atoms with Crippen molar-refractivity contribution in [3.05, 3.63) is 0 Å². The lowest BCUT2D eigenvalue weighted by Crippen LogP contribution is -2.39. The lowest BCUT2D eigenvalue weighted by atomic mass is 9.92. The van der Waals surface area contributed by atoms with Crippen molar-refractivity contribution in [3.8, 4) is 0 Å². The molecule has 1 unspecified atom stereocenters. The molecule has 0 aromatic carbocycles. The summed E-state index contributed by atoms with van der Waals surface area (Å²) < 4.78 is 0. The van der Waals surface area contributed by atoms with Gasteiger partial charge in [0.15, 0.2) is 0 Å². The zero-order chi connectivity index (χ0) is 13.7. The zero-order valence-corrected chi connectivity index (χ0v) is 13.4. The molecule has 1 saturated carbocycles. The number of nitrogens with one attached hydrogen (secondary N) is 1. The predicted octanol–water partition coefficient (Wildman–Crippen LogP) is 3.67. The van der Waals surface area contributed by atoms with Gasteiger partial charge in [0.2, 0.25) is 0 Å². The highest BCUT2D eigenvalue weighted by atomic mass is 15.2. The summed E-state index contributed by atoms with van der Waals surface area (Å²) in [6, 6.07) is 0.923. The number of rotatable bonds is 6.